The number of hydrogen-bond acceptors (Lipinski definition) is 6. The number of carbonyl (C=O) groups is 1. The quantitative estimate of drug-likeness (QED) is 0.619. The van der Waals surface area contributed by atoms with Crippen LogP contribution in [0.5, 0.6) is 0 Å². The van der Waals surface area contributed by atoms with Gasteiger partial charge in [0.25, 0.3) is 0 Å². The van der Waals surface area contributed by atoms with Crippen molar-refractivity contribution in [3.63, 3.8) is 0 Å². The van der Waals surface area contributed by atoms with Gasteiger partial charge in [-0.1, -0.05) is 0 Å². The molecule has 32 heavy (non-hydrogen) atoms. The first kappa shape index (κ1) is 20.4. The molecule has 2 aliphatic rings. The lowest BCUT2D eigenvalue weighted by atomic mass is 9.77. The first-order valence-electron chi connectivity index (χ1n) is 10.3. The molecule has 2 aliphatic heterocycles. The number of hydrogen-bond donors (Lipinski definition) is 0. The fourth-order valence-electron chi connectivity index (χ4n) is 4.42. The summed E-state index contributed by atoms with van der Waals surface area (Å²) >= 11 is 0. The summed E-state index contributed by atoms with van der Waals surface area (Å²) in [5, 5.41) is 4.17. The maximum Gasteiger partial charge on any atom is 0.416 e. The maximum atomic E-state index is 13.2. The Kier molecular flexibility index (Phi) is 4.83. The Hall–Kier alpha value is -3.50. The van der Waals surface area contributed by atoms with Crippen molar-refractivity contribution in [2.24, 2.45) is 5.41 Å². The molecule has 0 aliphatic carbocycles. The van der Waals surface area contributed by atoms with Crippen LogP contribution in [0.3, 0.4) is 0 Å². The van der Waals surface area contributed by atoms with E-state index in [1.807, 2.05) is 0 Å². The summed E-state index contributed by atoms with van der Waals surface area (Å²) in [6.07, 6.45) is 5.16. The minimum Gasteiger partial charge on any atom is -0.355 e. The van der Waals surface area contributed by atoms with Gasteiger partial charge in [-0.3, -0.25) is 14.7 Å². The topological polar surface area (TPSA) is 80.0 Å². The highest BCUT2D eigenvalue weighted by Crippen LogP contribution is 2.44. The van der Waals surface area contributed by atoms with Gasteiger partial charge in [0.05, 0.1) is 23.4 Å². The van der Waals surface area contributed by atoms with Gasteiger partial charge < -0.3 is 4.90 Å². The highest BCUT2D eigenvalue weighted by atomic mass is 19.4. The van der Waals surface area contributed by atoms with Crippen molar-refractivity contribution < 1.29 is 18.0 Å². The normalized spacial score (nSPS) is 18.5. The number of rotatable bonds is 3. The molecule has 5 rings (SSSR count). The van der Waals surface area contributed by atoms with Gasteiger partial charge in [0.1, 0.15) is 11.6 Å². The molecule has 2 fully saturated rings. The van der Waals surface area contributed by atoms with E-state index in [-0.39, 0.29) is 11.7 Å². The zero-order chi connectivity index (χ0) is 22.3. The largest absolute Gasteiger partial charge is 0.416 e. The van der Waals surface area contributed by atoms with E-state index in [1.54, 1.807) is 35.5 Å². The standard InChI is InChI=1S/C21H20F3N7O/c22-21(23,24)15-2-7-26-16(12-15)30-11-5-20(19(30)32)3-9-29(10-4-20)17-13-25-14-18(28-17)31-8-1-6-27-31/h1-2,6-8,12-14H,3-5,9-11H2. The second kappa shape index (κ2) is 7.57. The highest BCUT2D eigenvalue weighted by Gasteiger charge is 2.49. The molecule has 0 bridgehead atoms. The fraction of sp³-hybridized carbons (Fsp3) is 0.381. The molecule has 166 valence electrons. The number of alkyl halides is 3. The molecular formula is C21H20F3N7O. The summed E-state index contributed by atoms with van der Waals surface area (Å²) in [7, 11) is 0. The van der Waals surface area contributed by atoms with Crippen molar-refractivity contribution in [3.8, 4) is 5.82 Å². The van der Waals surface area contributed by atoms with Crippen LogP contribution in [-0.4, -0.2) is 50.3 Å². The Morgan fingerprint density at radius 2 is 1.72 bits per heavy atom. The van der Waals surface area contributed by atoms with E-state index >= 15 is 0 Å². The number of anilines is 2. The SMILES string of the molecule is O=C1N(c2cc(C(F)(F)F)ccn2)CCC12CCN(c1cncc(-n3cccn3)n1)CC2. The third-order valence-electron chi connectivity index (χ3n) is 6.25. The Bertz CT molecular complexity index is 1120. The van der Waals surface area contributed by atoms with Gasteiger partial charge in [-0.2, -0.15) is 18.3 Å². The minimum atomic E-state index is -4.48. The summed E-state index contributed by atoms with van der Waals surface area (Å²) in [6, 6.07) is 3.66. The van der Waals surface area contributed by atoms with E-state index in [2.05, 4.69) is 25.0 Å². The summed E-state index contributed by atoms with van der Waals surface area (Å²) in [5.74, 6) is 1.21. The van der Waals surface area contributed by atoms with Crippen LogP contribution in [0.15, 0.2) is 49.2 Å². The molecule has 2 saturated heterocycles. The van der Waals surface area contributed by atoms with E-state index in [0.29, 0.717) is 50.5 Å². The second-order valence-electron chi connectivity index (χ2n) is 8.06. The lowest BCUT2D eigenvalue weighted by Crippen LogP contribution is -2.45. The van der Waals surface area contributed by atoms with Crippen LogP contribution in [0.25, 0.3) is 5.82 Å². The van der Waals surface area contributed by atoms with E-state index in [1.165, 1.54) is 4.90 Å². The van der Waals surface area contributed by atoms with Crippen molar-refractivity contribution in [3.05, 3.63) is 54.7 Å². The fourth-order valence-corrected chi connectivity index (χ4v) is 4.42. The zero-order valence-electron chi connectivity index (χ0n) is 17.0. The van der Waals surface area contributed by atoms with Gasteiger partial charge in [-0.15, -0.1) is 0 Å². The lowest BCUT2D eigenvalue weighted by molar-refractivity contribution is -0.137. The van der Waals surface area contributed by atoms with Crippen LogP contribution in [0.4, 0.5) is 24.8 Å². The molecule has 0 saturated carbocycles. The summed E-state index contributed by atoms with van der Waals surface area (Å²) in [4.78, 5) is 29.6. The predicted octanol–water partition coefficient (Wildman–Crippen LogP) is 3.10. The number of pyridine rings is 1. The molecule has 0 atom stereocenters. The van der Waals surface area contributed by atoms with Gasteiger partial charge in [-0.25, -0.2) is 14.6 Å². The third-order valence-corrected chi connectivity index (χ3v) is 6.25. The zero-order valence-corrected chi connectivity index (χ0v) is 17.0. The van der Waals surface area contributed by atoms with Crippen molar-refractivity contribution in [2.75, 3.05) is 29.4 Å². The maximum absolute atomic E-state index is 13.2. The van der Waals surface area contributed by atoms with Crippen LogP contribution in [0.2, 0.25) is 0 Å². The highest BCUT2D eigenvalue weighted by molar-refractivity contribution is 5.99. The van der Waals surface area contributed by atoms with E-state index in [0.717, 1.165) is 18.3 Å². The third kappa shape index (κ3) is 3.57. The molecule has 11 heteroatoms. The molecule has 5 heterocycles. The number of carbonyl (C=O) groups excluding carboxylic acids is 1. The molecule has 3 aromatic heterocycles. The summed E-state index contributed by atoms with van der Waals surface area (Å²) in [6.45, 7) is 1.57. The van der Waals surface area contributed by atoms with E-state index < -0.39 is 17.2 Å². The minimum absolute atomic E-state index is 0.0573. The van der Waals surface area contributed by atoms with Crippen molar-refractivity contribution in [1.82, 2.24) is 24.7 Å². The Balaban J connectivity index is 1.30. The van der Waals surface area contributed by atoms with E-state index in [4.69, 9.17) is 0 Å². The number of piperidine rings is 1. The van der Waals surface area contributed by atoms with Crippen LogP contribution in [0, 0.1) is 5.41 Å². The van der Waals surface area contributed by atoms with Gasteiger partial charge in [-0.05, 0) is 37.5 Å². The van der Waals surface area contributed by atoms with Gasteiger partial charge in [0.15, 0.2) is 5.82 Å². The smallest absolute Gasteiger partial charge is 0.355 e. The lowest BCUT2D eigenvalue weighted by Gasteiger charge is -2.38. The van der Waals surface area contributed by atoms with Crippen LogP contribution >= 0.6 is 0 Å². The molecule has 1 amide bonds. The summed E-state index contributed by atoms with van der Waals surface area (Å²) < 4.78 is 40.8. The average molecular weight is 443 g/mol. The second-order valence-corrected chi connectivity index (χ2v) is 8.06. The number of nitrogens with zero attached hydrogens (tertiary/aromatic N) is 7. The average Bonchev–Trinajstić information content (AvgIpc) is 3.44. The molecule has 0 radical (unpaired) electrons. The van der Waals surface area contributed by atoms with Gasteiger partial charge >= 0.3 is 6.18 Å². The van der Waals surface area contributed by atoms with Crippen molar-refractivity contribution in [1.29, 1.82) is 0 Å². The molecule has 0 N–H and O–H groups in total. The van der Waals surface area contributed by atoms with Crippen LogP contribution in [-0.2, 0) is 11.0 Å². The molecule has 3 aromatic rings. The molecule has 8 nitrogen and oxygen atoms in total. The Morgan fingerprint density at radius 3 is 2.44 bits per heavy atom. The van der Waals surface area contributed by atoms with Gasteiger partial charge in [0, 0.05) is 38.2 Å². The Morgan fingerprint density at radius 1 is 0.969 bits per heavy atom. The molecule has 0 aromatic carbocycles. The summed E-state index contributed by atoms with van der Waals surface area (Å²) in [5.41, 5.74) is -1.39. The number of halogens is 3. The molecule has 1 spiro atoms. The van der Waals surface area contributed by atoms with E-state index in [9.17, 15) is 18.0 Å². The number of aromatic nitrogens is 5. The monoisotopic (exact) mass is 443 g/mol. The molecule has 0 unspecified atom stereocenters. The Labute approximate surface area is 181 Å². The molecular weight excluding hydrogens is 423 g/mol. The van der Waals surface area contributed by atoms with Crippen molar-refractivity contribution >= 4 is 17.5 Å². The first-order chi connectivity index (χ1) is 15.4. The number of amides is 1. The van der Waals surface area contributed by atoms with Crippen LogP contribution in [0.1, 0.15) is 24.8 Å². The van der Waals surface area contributed by atoms with Crippen LogP contribution < -0.4 is 9.80 Å². The van der Waals surface area contributed by atoms with Crippen molar-refractivity contribution in [2.45, 2.75) is 25.4 Å². The predicted molar refractivity (Wildman–Crippen MR) is 109 cm³/mol. The van der Waals surface area contributed by atoms with Gasteiger partial charge in [0.2, 0.25) is 5.91 Å². The first-order valence-corrected chi connectivity index (χ1v) is 10.3.